The van der Waals surface area contributed by atoms with E-state index in [1.165, 1.54) is 12.1 Å². The lowest BCUT2D eigenvalue weighted by molar-refractivity contribution is -0.132. The predicted molar refractivity (Wildman–Crippen MR) is 78.3 cm³/mol. The highest BCUT2D eigenvalue weighted by atomic mass is 16.5. The number of nitrogen functional groups attached to an aromatic ring is 1. The van der Waals surface area contributed by atoms with E-state index in [4.69, 9.17) is 15.6 Å². The first kappa shape index (κ1) is 15.2. The van der Waals surface area contributed by atoms with Gasteiger partial charge in [0.15, 0.2) is 0 Å². The number of aromatic carboxylic acids is 1. The number of nitrogens with zero attached hydrogens (tertiary/aromatic N) is 1. The first-order valence-corrected chi connectivity index (χ1v) is 7.08. The predicted octanol–water partition coefficient (Wildman–Crippen LogP) is 1.75. The van der Waals surface area contributed by atoms with Crippen LogP contribution < -0.4 is 10.5 Å². The number of hydrogen-bond acceptors (Lipinski definition) is 4. The fourth-order valence-electron chi connectivity index (χ4n) is 2.54. The minimum absolute atomic E-state index is 0.0657. The Balaban J connectivity index is 1.99. The topological polar surface area (TPSA) is 92.9 Å². The van der Waals surface area contributed by atoms with Crippen molar-refractivity contribution in [3.05, 3.63) is 23.8 Å². The van der Waals surface area contributed by atoms with Crippen LogP contribution in [0.3, 0.4) is 0 Å². The Labute approximate surface area is 123 Å². The van der Waals surface area contributed by atoms with Gasteiger partial charge in [0.05, 0.1) is 17.3 Å². The van der Waals surface area contributed by atoms with Crippen LogP contribution in [0.15, 0.2) is 18.2 Å². The number of hydrogen-bond donors (Lipinski definition) is 2. The number of carbonyl (C=O) groups excluding carboxylic acids is 1. The molecule has 1 atom stereocenters. The number of carboxylic acids is 1. The molecule has 1 amide bonds. The lowest BCUT2D eigenvalue weighted by Gasteiger charge is -2.24. The highest BCUT2D eigenvalue weighted by Crippen LogP contribution is 2.25. The number of carbonyl (C=O) groups is 2. The van der Waals surface area contributed by atoms with Gasteiger partial charge < -0.3 is 20.5 Å². The molecule has 114 valence electrons. The second-order valence-corrected chi connectivity index (χ2v) is 5.11. The first-order valence-electron chi connectivity index (χ1n) is 7.08. The molecular formula is C15H20N2O4. The van der Waals surface area contributed by atoms with E-state index in [0.29, 0.717) is 24.5 Å². The molecule has 21 heavy (non-hydrogen) atoms. The van der Waals surface area contributed by atoms with Gasteiger partial charge >= 0.3 is 5.97 Å². The van der Waals surface area contributed by atoms with Gasteiger partial charge in [0.1, 0.15) is 12.4 Å². The summed E-state index contributed by atoms with van der Waals surface area (Å²) in [5.74, 6) is -0.435. The van der Waals surface area contributed by atoms with E-state index in [0.717, 1.165) is 19.4 Å². The monoisotopic (exact) mass is 292 g/mol. The van der Waals surface area contributed by atoms with Gasteiger partial charge in [-0.3, -0.25) is 4.79 Å². The molecule has 1 aliphatic heterocycles. The number of rotatable bonds is 5. The third kappa shape index (κ3) is 3.45. The van der Waals surface area contributed by atoms with E-state index >= 15 is 0 Å². The summed E-state index contributed by atoms with van der Waals surface area (Å²) in [7, 11) is 0. The quantitative estimate of drug-likeness (QED) is 0.806. The molecule has 1 aromatic rings. The van der Waals surface area contributed by atoms with Crippen LogP contribution in [0.2, 0.25) is 0 Å². The fourth-order valence-corrected chi connectivity index (χ4v) is 2.54. The summed E-state index contributed by atoms with van der Waals surface area (Å²) in [4.78, 5) is 24.5. The number of ether oxygens (including phenoxy) is 1. The van der Waals surface area contributed by atoms with Gasteiger partial charge in [-0.25, -0.2) is 4.79 Å². The first-order chi connectivity index (χ1) is 10.0. The van der Waals surface area contributed by atoms with Gasteiger partial charge in [0, 0.05) is 13.0 Å². The van der Waals surface area contributed by atoms with Crippen LogP contribution in [0.25, 0.3) is 0 Å². The molecule has 0 unspecified atom stereocenters. The van der Waals surface area contributed by atoms with E-state index in [1.807, 2.05) is 11.8 Å². The lowest BCUT2D eigenvalue weighted by Crippen LogP contribution is -2.38. The van der Waals surface area contributed by atoms with Crippen molar-refractivity contribution in [2.75, 3.05) is 18.9 Å². The average Bonchev–Trinajstić information content (AvgIpc) is 2.93. The van der Waals surface area contributed by atoms with E-state index in [9.17, 15) is 9.59 Å². The molecule has 0 radical (unpaired) electrons. The second kappa shape index (κ2) is 6.47. The molecule has 0 spiro atoms. The Morgan fingerprint density at radius 3 is 2.86 bits per heavy atom. The molecular weight excluding hydrogens is 272 g/mol. The summed E-state index contributed by atoms with van der Waals surface area (Å²) >= 11 is 0. The highest BCUT2D eigenvalue weighted by molar-refractivity contribution is 5.89. The van der Waals surface area contributed by atoms with E-state index in [-0.39, 0.29) is 17.5 Å². The van der Waals surface area contributed by atoms with Crippen molar-refractivity contribution in [1.29, 1.82) is 0 Å². The Morgan fingerprint density at radius 1 is 1.48 bits per heavy atom. The molecule has 1 aromatic carbocycles. The van der Waals surface area contributed by atoms with Crippen molar-refractivity contribution in [3.8, 4) is 5.75 Å². The second-order valence-electron chi connectivity index (χ2n) is 5.11. The van der Waals surface area contributed by atoms with E-state index in [2.05, 4.69) is 0 Å². The highest BCUT2D eigenvalue weighted by Gasteiger charge is 2.28. The van der Waals surface area contributed by atoms with Gasteiger partial charge in [-0.1, -0.05) is 6.92 Å². The van der Waals surface area contributed by atoms with E-state index in [1.54, 1.807) is 6.07 Å². The Bertz CT molecular complexity index is 544. The van der Waals surface area contributed by atoms with Crippen molar-refractivity contribution in [2.45, 2.75) is 32.2 Å². The fraction of sp³-hybridized carbons (Fsp3) is 0.467. The standard InChI is InChI=1S/C15H20N2O4/c1-2-14(18)17-7-3-4-11(17)9-21-13-6-5-10(15(19)20)8-12(13)16/h5-6,8,11H,2-4,7,9,16H2,1H3,(H,19,20)/t11-/m0/s1. The van der Waals surface area contributed by atoms with Crippen molar-refractivity contribution >= 4 is 17.6 Å². The molecule has 0 aromatic heterocycles. The third-order valence-corrected chi connectivity index (χ3v) is 3.69. The summed E-state index contributed by atoms with van der Waals surface area (Å²) in [5, 5.41) is 8.89. The molecule has 1 aliphatic rings. The van der Waals surface area contributed by atoms with E-state index < -0.39 is 5.97 Å². The number of likely N-dealkylation sites (tertiary alicyclic amines) is 1. The van der Waals surface area contributed by atoms with Crippen LogP contribution in [0.1, 0.15) is 36.5 Å². The van der Waals surface area contributed by atoms with Crippen LogP contribution in [0.5, 0.6) is 5.75 Å². The van der Waals surface area contributed by atoms with Crippen LogP contribution in [-0.4, -0.2) is 41.1 Å². The van der Waals surface area contributed by atoms with Crippen LogP contribution in [0.4, 0.5) is 5.69 Å². The summed E-state index contributed by atoms with van der Waals surface area (Å²) in [5.41, 5.74) is 6.22. The molecule has 6 heteroatoms. The number of carboxylic acid groups (broad SMARTS) is 1. The van der Waals surface area contributed by atoms with Gasteiger partial charge in [0.2, 0.25) is 5.91 Å². The number of anilines is 1. The number of amides is 1. The molecule has 0 bridgehead atoms. The molecule has 2 rings (SSSR count). The molecule has 6 nitrogen and oxygen atoms in total. The largest absolute Gasteiger partial charge is 0.489 e. The Hall–Kier alpha value is -2.24. The van der Waals surface area contributed by atoms with Crippen molar-refractivity contribution in [3.63, 3.8) is 0 Å². The third-order valence-electron chi connectivity index (χ3n) is 3.69. The Kier molecular flexibility index (Phi) is 4.67. The van der Waals surface area contributed by atoms with Gasteiger partial charge in [-0.15, -0.1) is 0 Å². The minimum Gasteiger partial charge on any atom is -0.489 e. The van der Waals surface area contributed by atoms with Crippen LogP contribution in [0, 0.1) is 0 Å². The summed E-state index contributed by atoms with van der Waals surface area (Å²) < 4.78 is 5.67. The summed E-state index contributed by atoms with van der Waals surface area (Å²) in [6.45, 7) is 3.00. The van der Waals surface area contributed by atoms with Crippen LogP contribution >= 0.6 is 0 Å². The van der Waals surface area contributed by atoms with Gasteiger partial charge in [-0.2, -0.15) is 0 Å². The molecule has 0 saturated carbocycles. The molecule has 1 fully saturated rings. The number of benzene rings is 1. The van der Waals surface area contributed by atoms with Crippen molar-refractivity contribution in [1.82, 2.24) is 4.90 Å². The van der Waals surface area contributed by atoms with Crippen molar-refractivity contribution in [2.24, 2.45) is 0 Å². The summed E-state index contributed by atoms with van der Waals surface area (Å²) in [6.07, 6.45) is 2.39. The lowest BCUT2D eigenvalue weighted by atomic mass is 10.2. The van der Waals surface area contributed by atoms with Crippen LogP contribution in [-0.2, 0) is 4.79 Å². The zero-order valence-corrected chi connectivity index (χ0v) is 12.0. The SMILES string of the molecule is CCC(=O)N1CCC[C@H]1COc1ccc(C(=O)O)cc1N. The maximum atomic E-state index is 11.8. The molecule has 1 saturated heterocycles. The zero-order valence-electron chi connectivity index (χ0n) is 12.0. The maximum absolute atomic E-state index is 11.8. The Morgan fingerprint density at radius 2 is 2.24 bits per heavy atom. The maximum Gasteiger partial charge on any atom is 0.335 e. The molecule has 0 aliphatic carbocycles. The van der Waals surface area contributed by atoms with Gasteiger partial charge in [-0.05, 0) is 31.0 Å². The minimum atomic E-state index is -1.02. The average molecular weight is 292 g/mol. The molecule has 1 heterocycles. The van der Waals surface area contributed by atoms with Crippen molar-refractivity contribution < 1.29 is 19.4 Å². The van der Waals surface area contributed by atoms with Gasteiger partial charge in [0.25, 0.3) is 0 Å². The normalized spacial score (nSPS) is 17.8. The summed E-state index contributed by atoms with van der Waals surface area (Å²) in [6, 6.07) is 4.45. The molecule has 3 N–H and O–H groups in total. The smallest absolute Gasteiger partial charge is 0.335 e. The number of nitrogens with two attached hydrogens (primary N) is 1. The zero-order chi connectivity index (χ0) is 15.4.